The number of hydrazone groups is 1. The summed E-state index contributed by atoms with van der Waals surface area (Å²) in [5, 5.41) is 17.5. The van der Waals surface area contributed by atoms with Gasteiger partial charge >= 0.3 is 6.03 Å². The molecule has 2 amide bonds. The highest BCUT2D eigenvalue weighted by Gasteiger charge is 2.14. The van der Waals surface area contributed by atoms with Crippen molar-refractivity contribution in [2.75, 3.05) is 13.2 Å². The first-order valence-electron chi connectivity index (χ1n) is 10.3. The molecule has 9 heteroatoms. The van der Waals surface area contributed by atoms with Crippen LogP contribution in [-0.4, -0.2) is 36.4 Å². The molecule has 0 aromatic heterocycles. The molecule has 3 rings (SSSR count). The Morgan fingerprint density at radius 3 is 2.16 bits per heavy atom. The number of carbonyl (C=O) groups is 1. The lowest BCUT2D eigenvalue weighted by Crippen LogP contribution is -2.41. The van der Waals surface area contributed by atoms with Crippen molar-refractivity contribution < 1.29 is 19.2 Å². The van der Waals surface area contributed by atoms with E-state index in [2.05, 4.69) is 15.8 Å². The molecule has 0 saturated heterocycles. The maximum absolute atomic E-state index is 11.9. The fourth-order valence-corrected chi connectivity index (χ4v) is 3.26. The summed E-state index contributed by atoms with van der Waals surface area (Å²) in [5.74, 6) is 1.22. The Kier molecular flexibility index (Phi) is 8.21. The summed E-state index contributed by atoms with van der Waals surface area (Å²) in [4.78, 5) is 22.0. The molecule has 1 fully saturated rings. The lowest BCUT2D eigenvalue weighted by atomic mass is 9.96. The van der Waals surface area contributed by atoms with E-state index in [0.717, 1.165) is 31.2 Å². The van der Waals surface area contributed by atoms with Gasteiger partial charge in [0.15, 0.2) is 0 Å². The van der Waals surface area contributed by atoms with Crippen LogP contribution in [0.1, 0.15) is 37.7 Å². The quantitative estimate of drug-likeness (QED) is 0.272. The lowest BCUT2D eigenvalue weighted by molar-refractivity contribution is -0.384. The monoisotopic (exact) mass is 426 g/mol. The molecule has 0 unspecified atom stereocenters. The van der Waals surface area contributed by atoms with Crippen LogP contribution in [-0.2, 0) is 0 Å². The summed E-state index contributed by atoms with van der Waals surface area (Å²) in [7, 11) is 0. The molecular weight excluding hydrogens is 400 g/mol. The third kappa shape index (κ3) is 7.61. The van der Waals surface area contributed by atoms with Crippen LogP contribution in [0.15, 0.2) is 53.6 Å². The van der Waals surface area contributed by atoms with Crippen LogP contribution in [0.25, 0.3) is 0 Å². The summed E-state index contributed by atoms with van der Waals surface area (Å²) < 4.78 is 11.1. The Morgan fingerprint density at radius 1 is 1.00 bits per heavy atom. The van der Waals surface area contributed by atoms with Gasteiger partial charge in [0.1, 0.15) is 24.7 Å². The molecule has 0 radical (unpaired) electrons. The Labute approximate surface area is 180 Å². The zero-order valence-corrected chi connectivity index (χ0v) is 17.2. The zero-order valence-electron chi connectivity index (χ0n) is 17.2. The van der Waals surface area contributed by atoms with Crippen molar-refractivity contribution in [1.82, 2.24) is 10.7 Å². The number of hydrogen-bond acceptors (Lipinski definition) is 6. The summed E-state index contributed by atoms with van der Waals surface area (Å²) in [5.41, 5.74) is 3.34. The van der Waals surface area contributed by atoms with Crippen molar-refractivity contribution in [3.05, 3.63) is 64.2 Å². The molecule has 0 aliphatic heterocycles. The molecule has 31 heavy (non-hydrogen) atoms. The van der Waals surface area contributed by atoms with Crippen molar-refractivity contribution in [2.45, 2.75) is 38.1 Å². The molecular formula is C22H26N4O5. The molecule has 0 spiro atoms. The van der Waals surface area contributed by atoms with Gasteiger partial charge in [-0.25, -0.2) is 10.2 Å². The van der Waals surface area contributed by atoms with E-state index in [1.54, 1.807) is 30.5 Å². The second kappa shape index (κ2) is 11.5. The molecule has 0 heterocycles. The number of nitrogens with one attached hydrogen (secondary N) is 2. The lowest BCUT2D eigenvalue weighted by Gasteiger charge is -2.22. The predicted octanol–water partition coefficient (Wildman–Crippen LogP) is 4.02. The molecule has 1 aliphatic rings. The van der Waals surface area contributed by atoms with Gasteiger partial charge in [0.2, 0.25) is 0 Å². The smallest absolute Gasteiger partial charge is 0.335 e. The highest BCUT2D eigenvalue weighted by atomic mass is 16.6. The third-order valence-electron chi connectivity index (χ3n) is 4.87. The van der Waals surface area contributed by atoms with E-state index >= 15 is 0 Å². The van der Waals surface area contributed by atoms with Gasteiger partial charge in [-0.15, -0.1) is 0 Å². The number of urea groups is 1. The van der Waals surface area contributed by atoms with Gasteiger partial charge < -0.3 is 14.8 Å². The minimum Gasteiger partial charge on any atom is -0.490 e. The van der Waals surface area contributed by atoms with Gasteiger partial charge in [-0.1, -0.05) is 19.3 Å². The standard InChI is InChI=1S/C22H26N4O5/c27-22(24-18-4-2-1-3-5-18)25-23-16-17-6-10-20(11-7-17)30-14-15-31-21-12-8-19(9-13-21)26(28)29/h6-13,16,18H,1-5,14-15H2,(H2,24,25,27). The largest absolute Gasteiger partial charge is 0.490 e. The maximum Gasteiger partial charge on any atom is 0.335 e. The number of nitro groups is 1. The Balaban J connectivity index is 1.34. The summed E-state index contributed by atoms with van der Waals surface area (Å²) in [6, 6.07) is 13.1. The number of non-ortho nitro benzene ring substituents is 1. The van der Waals surface area contributed by atoms with Crippen LogP contribution >= 0.6 is 0 Å². The first kappa shape index (κ1) is 22.1. The average Bonchev–Trinajstić information content (AvgIpc) is 2.79. The van der Waals surface area contributed by atoms with Crippen LogP contribution in [0.2, 0.25) is 0 Å². The molecule has 1 saturated carbocycles. The van der Waals surface area contributed by atoms with Crippen molar-refractivity contribution in [2.24, 2.45) is 5.10 Å². The highest BCUT2D eigenvalue weighted by molar-refractivity contribution is 5.82. The summed E-state index contributed by atoms with van der Waals surface area (Å²) in [6.07, 6.45) is 7.18. The van der Waals surface area contributed by atoms with E-state index in [1.807, 2.05) is 12.1 Å². The molecule has 1 aliphatic carbocycles. The van der Waals surface area contributed by atoms with E-state index < -0.39 is 4.92 Å². The van der Waals surface area contributed by atoms with Crippen molar-refractivity contribution in [1.29, 1.82) is 0 Å². The molecule has 0 bridgehead atoms. The van der Waals surface area contributed by atoms with Crippen molar-refractivity contribution >= 4 is 17.9 Å². The summed E-state index contributed by atoms with van der Waals surface area (Å²) >= 11 is 0. The van der Waals surface area contributed by atoms with E-state index in [4.69, 9.17) is 9.47 Å². The van der Waals surface area contributed by atoms with Gasteiger partial charge in [-0.05, 0) is 54.8 Å². The number of hydrogen-bond donors (Lipinski definition) is 2. The van der Waals surface area contributed by atoms with Gasteiger partial charge in [-0.3, -0.25) is 10.1 Å². The molecule has 2 N–H and O–H groups in total. The minimum atomic E-state index is -0.455. The van der Waals surface area contributed by atoms with E-state index in [9.17, 15) is 14.9 Å². The Bertz CT molecular complexity index is 878. The first-order chi connectivity index (χ1) is 15.1. The zero-order chi connectivity index (χ0) is 21.9. The van der Waals surface area contributed by atoms with Crippen LogP contribution in [0.4, 0.5) is 10.5 Å². The predicted molar refractivity (Wildman–Crippen MR) is 117 cm³/mol. The Morgan fingerprint density at radius 2 is 1.58 bits per heavy atom. The SMILES string of the molecule is O=C(NN=Cc1ccc(OCCOc2ccc([N+](=O)[O-])cc2)cc1)NC1CCCCC1. The number of benzene rings is 2. The molecule has 2 aromatic rings. The van der Waals surface area contributed by atoms with E-state index in [-0.39, 0.29) is 17.8 Å². The normalized spacial score (nSPS) is 14.2. The number of amides is 2. The van der Waals surface area contributed by atoms with E-state index in [0.29, 0.717) is 24.7 Å². The highest BCUT2D eigenvalue weighted by Crippen LogP contribution is 2.18. The average molecular weight is 426 g/mol. The fourth-order valence-electron chi connectivity index (χ4n) is 3.26. The van der Waals surface area contributed by atoms with Gasteiger partial charge in [0.25, 0.3) is 5.69 Å². The second-order valence-electron chi connectivity index (χ2n) is 7.20. The number of rotatable bonds is 9. The molecule has 9 nitrogen and oxygen atoms in total. The number of carbonyl (C=O) groups excluding carboxylic acids is 1. The second-order valence-corrected chi connectivity index (χ2v) is 7.20. The molecule has 0 atom stereocenters. The van der Waals surface area contributed by atoms with Crippen molar-refractivity contribution in [3.63, 3.8) is 0 Å². The van der Waals surface area contributed by atoms with Crippen LogP contribution in [0, 0.1) is 10.1 Å². The van der Waals surface area contributed by atoms with Crippen molar-refractivity contribution in [3.8, 4) is 11.5 Å². The van der Waals surface area contributed by atoms with Crippen LogP contribution in [0.5, 0.6) is 11.5 Å². The van der Waals surface area contributed by atoms with Gasteiger partial charge in [-0.2, -0.15) is 5.10 Å². The fraction of sp³-hybridized carbons (Fsp3) is 0.364. The van der Waals surface area contributed by atoms with E-state index in [1.165, 1.54) is 18.6 Å². The molecule has 2 aromatic carbocycles. The number of nitro benzene ring substituents is 1. The Hall–Kier alpha value is -3.62. The molecule has 164 valence electrons. The maximum atomic E-state index is 11.9. The van der Waals surface area contributed by atoms with Gasteiger partial charge in [0, 0.05) is 18.2 Å². The van der Waals surface area contributed by atoms with Gasteiger partial charge in [0.05, 0.1) is 11.1 Å². The number of nitrogens with zero attached hydrogens (tertiary/aromatic N) is 2. The summed E-state index contributed by atoms with van der Waals surface area (Å²) in [6.45, 7) is 0.633. The first-order valence-corrected chi connectivity index (χ1v) is 10.3. The minimum absolute atomic E-state index is 0.0206. The number of ether oxygens (including phenoxy) is 2. The topological polar surface area (TPSA) is 115 Å². The third-order valence-corrected chi connectivity index (χ3v) is 4.87. The van der Waals surface area contributed by atoms with Crippen LogP contribution < -0.4 is 20.2 Å². The van der Waals surface area contributed by atoms with Crippen LogP contribution in [0.3, 0.4) is 0 Å².